The van der Waals surface area contributed by atoms with Crippen molar-refractivity contribution in [1.29, 1.82) is 0 Å². The van der Waals surface area contributed by atoms with Crippen LogP contribution in [0.3, 0.4) is 0 Å². The van der Waals surface area contributed by atoms with Gasteiger partial charge in [-0.2, -0.15) is 0 Å². The van der Waals surface area contributed by atoms with Gasteiger partial charge in [-0.05, 0) is 12.1 Å². The van der Waals surface area contributed by atoms with Gasteiger partial charge in [0.05, 0.1) is 25.7 Å². The molecule has 1 unspecified atom stereocenters. The number of carbonyl (C=O) groups excluding carboxylic acids is 1. The zero-order valence-corrected chi connectivity index (χ0v) is 12.8. The van der Waals surface area contributed by atoms with E-state index < -0.39 is 11.9 Å². The summed E-state index contributed by atoms with van der Waals surface area (Å²) >= 11 is 0. The topological polar surface area (TPSA) is 80.0 Å². The van der Waals surface area contributed by atoms with E-state index in [1.54, 1.807) is 33.4 Å². The summed E-state index contributed by atoms with van der Waals surface area (Å²) in [7, 11) is 3.18. The minimum absolute atomic E-state index is 0.147. The average molecular weight is 305 g/mol. The Morgan fingerprint density at radius 2 is 2.14 bits per heavy atom. The number of carbonyl (C=O) groups is 2. The fourth-order valence-electron chi connectivity index (χ4n) is 2.22. The molecule has 0 aliphatic rings. The van der Waals surface area contributed by atoms with Crippen molar-refractivity contribution in [3.63, 3.8) is 0 Å². The van der Waals surface area contributed by atoms with E-state index in [2.05, 4.69) is 0 Å². The average Bonchev–Trinajstić information content (AvgIpc) is 2.89. The molecule has 0 spiro atoms. The molecule has 1 amide bonds. The number of rotatable bonds is 6. The van der Waals surface area contributed by atoms with Gasteiger partial charge in [0, 0.05) is 30.6 Å². The molecular formula is C16H19NO5. The fraction of sp³-hybridized carbons (Fsp3) is 0.375. The maximum atomic E-state index is 12.2. The van der Waals surface area contributed by atoms with Gasteiger partial charge >= 0.3 is 5.97 Å². The minimum Gasteiger partial charge on any atom is -0.497 e. The Balaban J connectivity index is 2.10. The number of nitrogens with zero attached hydrogens (tertiary/aromatic N) is 1. The highest BCUT2D eigenvalue weighted by molar-refractivity contribution is 5.88. The smallest absolute Gasteiger partial charge is 0.308 e. The standard InChI is InChI=1S/C16H19NO5/c1-10(16(19)20)8-17(2)15(18)6-11-9-22-14-7-12(21-3)4-5-13(11)14/h4-5,7,9-10H,6,8H2,1-3H3,(H,19,20). The Morgan fingerprint density at radius 1 is 1.41 bits per heavy atom. The Bertz CT molecular complexity index is 691. The molecule has 6 nitrogen and oxygen atoms in total. The Kier molecular flexibility index (Phi) is 4.70. The first kappa shape index (κ1) is 15.9. The first-order valence-electron chi connectivity index (χ1n) is 6.93. The number of aliphatic carboxylic acids is 1. The van der Waals surface area contributed by atoms with Gasteiger partial charge in [0.15, 0.2) is 0 Å². The molecule has 118 valence electrons. The third-order valence-electron chi connectivity index (χ3n) is 3.60. The van der Waals surface area contributed by atoms with Crippen LogP contribution in [0, 0.1) is 5.92 Å². The van der Waals surface area contributed by atoms with Crippen molar-refractivity contribution < 1.29 is 23.8 Å². The van der Waals surface area contributed by atoms with Crippen LogP contribution in [0.1, 0.15) is 12.5 Å². The van der Waals surface area contributed by atoms with E-state index in [-0.39, 0.29) is 18.9 Å². The quantitative estimate of drug-likeness (QED) is 0.884. The van der Waals surface area contributed by atoms with E-state index in [1.807, 2.05) is 12.1 Å². The molecule has 22 heavy (non-hydrogen) atoms. The number of ether oxygens (including phenoxy) is 1. The normalized spacial score (nSPS) is 12.1. The van der Waals surface area contributed by atoms with Crippen LogP contribution in [-0.2, 0) is 16.0 Å². The molecule has 0 aliphatic heterocycles. The number of methoxy groups -OCH3 is 1. The Labute approximate surface area is 128 Å². The van der Waals surface area contributed by atoms with Gasteiger partial charge in [0.2, 0.25) is 5.91 Å². The number of fused-ring (bicyclic) bond motifs is 1. The Hall–Kier alpha value is -2.50. The molecular weight excluding hydrogens is 286 g/mol. The van der Waals surface area contributed by atoms with Crippen LogP contribution >= 0.6 is 0 Å². The highest BCUT2D eigenvalue weighted by atomic mass is 16.5. The van der Waals surface area contributed by atoms with Gasteiger partial charge in [-0.15, -0.1) is 0 Å². The van der Waals surface area contributed by atoms with Crippen LogP contribution in [0.15, 0.2) is 28.9 Å². The van der Waals surface area contributed by atoms with Crippen molar-refractivity contribution >= 4 is 22.8 Å². The van der Waals surface area contributed by atoms with Gasteiger partial charge < -0.3 is 19.2 Å². The number of benzene rings is 1. The van der Waals surface area contributed by atoms with E-state index in [0.29, 0.717) is 11.3 Å². The third-order valence-corrected chi connectivity index (χ3v) is 3.60. The molecule has 6 heteroatoms. The summed E-state index contributed by atoms with van der Waals surface area (Å²) in [4.78, 5) is 24.5. The van der Waals surface area contributed by atoms with Gasteiger partial charge in [-0.25, -0.2) is 0 Å². The summed E-state index contributed by atoms with van der Waals surface area (Å²) in [6.07, 6.45) is 1.72. The molecule has 1 aromatic carbocycles. The number of hydrogen-bond acceptors (Lipinski definition) is 4. The SMILES string of the molecule is COc1ccc2c(CC(=O)N(C)CC(C)C(=O)O)coc2c1. The molecule has 1 N–H and O–H groups in total. The lowest BCUT2D eigenvalue weighted by atomic mass is 10.1. The molecule has 0 aliphatic carbocycles. The van der Waals surface area contributed by atoms with Crippen LogP contribution < -0.4 is 4.74 Å². The van der Waals surface area contributed by atoms with Gasteiger partial charge in [0.1, 0.15) is 11.3 Å². The summed E-state index contributed by atoms with van der Waals surface area (Å²) in [5.74, 6) is -0.974. The maximum Gasteiger partial charge on any atom is 0.308 e. The van der Waals surface area contributed by atoms with Gasteiger partial charge in [-0.1, -0.05) is 6.92 Å². The van der Waals surface area contributed by atoms with Crippen molar-refractivity contribution in [3.8, 4) is 5.75 Å². The predicted molar refractivity (Wildman–Crippen MR) is 80.9 cm³/mol. The van der Waals surface area contributed by atoms with Gasteiger partial charge in [-0.3, -0.25) is 9.59 Å². The van der Waals surface area contributed by atoms with Crippen LogP contribution in [0.25, 0.3) is 11.0 Å². The summed E-state index contributed by atoms with van der Waals surface area (Å²) in [6.45, 7) is 1.75. The van der Waals surface area contributed by atoms with E-state index in [4.69, 9.17) is 14.3 Å². The number of amides is 1. The first-order valence-corrected chi connectivity index (χ1v) is 6.93. The lowest BCUT2D eigenvalue weighted by Crippen LogP contribution is -2.34. The lowest BCUT2D eigenvalue weighted by Gasteiger charge is -2.19. The second kappa shape index (κ2) is 6.51. The molecule has 0 radical (unpaired) electrons. The van der Waals surface area contributed by atoms with Crippen molar-refractivity contribution in [2.75, 3.05) is 20.7 Å². The highest BCUT2D eigenvalue weighted by Crippen LogP contribution is 2.26. The number of carboxylic acids is 1. The zero-order valence-electron chi connectivity index (χ0n) is 12.8. The van der Waals surface area contributed by atoms with Crippen LogP contribution in [0.4, 0.5) is 0 Å². The monoisotopic (exact) mass is 305 g/mol. The van der Waals surface area contributed by atoms with Crippen LogP contribution in [0.2, 0.25) is 0 Å². The summed E-state index contributed by atoms with van der Waals surface area (Å²) < 4.78 is 10.6. The highest BCUT2D eigenvalue weighted by Gasteiger charge is 2.19. The number of likely N-dealkylation sites (N-methyl/N-ethyl adjacent to an activating group) is 1. The zero-order chi connectivity index (χ0) is 16.3. The molecule has 0 bridgehead atoms. The van der Waals surface area contributed by atoms with E-state index in [9.17, 15) is 9.59 Å². The van der Waals surface area contributed by atoms with E-state index >= 15 is 0 Å². The summed E-state index contributed by atoms with van der Waals surface area (Å²) in [6, 6.07) is 5.42. The minimum atomic E-state index is -0.916. The molecule has 1 heterocycles. The van der Waals surface area contributed by atoms with Crippen molar-refractivity contribution in [1.82, 2.24) is 4.90 Å². The molecule has 0 fully saturated rings. The van der Waals surface area contributed by atoms with E-state index in [1.165, 1.54) is 4.90 Å². The first-order chi connectivity index (χ1) is 10.4. The van der Waals surface area contributed by atoms with E-state index in [0.717, 1.165) is 10.9 Å². The molecule has 0 saturated carbocycles. The fourth-order valence-corrected chi connectivity index (χ4v) is 2.22. The van der Waals surface area contributed by atoms with Crippen molar-refractivity contribution in [2.45, 2.75) is 13.3 Å². The largest absolute Gasteiger partial charge is 0.497 e. The molecule has 2 aromatic rings. The van der Waals surface area contributed by atoms with Crippen LogP contribution in [-0.4, -0.2) is 42.6 Å². The Morgan fingerprint density at radius 3 is 2.77 bits per heavy atom. The van der Waals surface area contributed by atoms with Crippen molar-refractivity contribution in [3.05, 3.63) is 30.0 Å². The number of hydrogen-bond donors (Lipinski definition) is 1. The number of furan rings is 1. The summed E-state index contributed by atoms with van der Waals surface area (Å²) in [5, 5.41) is 9.75. The predicted octanol–water partition coefficient (Wildman–Crippen LogP) is 2.16. The van der Waals surface area contributed by atoms with Crippen molar-refractivity contribution in [2.24, 2.45) is 5.92 Å². The van der Waals surface area contributed by atoms with Crippen LogP contribution in [0.5, 0.6) is 5.75 Å². The number of carboxylic acid groups (broad SMARTS) is 1. The second-order valence-corrected chi connectivity index (χ2v) is 5.31. The summed E-state index contributed by atoms with van der Waals surface area (Å²) in [5.41, 5.74) is 1.43. The maximum absolute atomic E-state index is 12.2. The van der Waals surface area contributed by atoms with Gasteiger partial charge in [0.25, 0.3) is 0 Å². The molecule has 2 rings (SSSR count). The third kappa shape index (κ3) is 3.39. The lowest BCUT2D eigenvalue weighted by molar-refractivity contribution is -0.142. The molecule has 1 atom stereocenters. The molecule has 1 aromatic heterocycles. The molecule has 0 saturated heterocycles. The second-order valence-electron chi connectivity index (χ2n) is 5.31.